The quantitative estimate of drug-likeness (QED) is 0.539. The summed E-state index contributed by atoms with van der Waals surface area (Å²) >= 11 is 0. The number of nitrogens with two attached hydrogens (primary N) is 1. The van der Waals surface area contributed by atoms with E-state index in [2.05, 4.69) is 4.98 Å². The molecule has 0 spiro atoms. The van der Waals surface area contributed by atoms with E-state index in [0.29, 0.717) is 35.1 Å². The molecule has 7 heteroatoms. The van der Waals surface area contributed by atoms with E-state index in [1.54, 1.807) is 18.2 Å². The summed E-state index contributed by atoms with van der Waals surface area (Å²) in [7, 11) is 0. The Labute approximate surface area is 153 Å². The van der Waals surface area contributed by atoms with Crippen molar-refractivity contribution in [2.75, 3.05) is 6.54 Å². The summed E-state index contributed by atoms with van der Waals surface area (Å²) in [6.45, 7) is 0.515. The van der Waals surface area contributed by atoms with Crippen LogP contribution in [0.2, 0.25) is 0 Å². The molecule has 0 saturated heterocycles. The van der Waals surface area contributed by atoms with Crippen LogP contribution < -0.4 is 5.73 Å². The van der Waals surface area contributed by atoms with E-state index in [4.69, 9.17) is 5.73 Å². The molecule has 0 aliphatic heterocycles. The number of hydrogen-bond acceptors (Lipinski definition) is 2. The molecule has 4 nitrogen and oxygen atoms in total. The van der Waals surface area contributed by atoms with Gasteiger partial charge < -0.3 is 15.8 Å². The maximum Gasteiger partial charge on any atom is 0.416 e. The normalized spacial score (nSPS) is 11.9. The van der Waals surface area contributed by atoms with Crippen molar-refractivity contribution >= 4 is 16.9 Å². The van der Waals surface area contributed by atoms with E-state index < -0.39 is 17.7 Å². The van der Waals surface area contributed by atoms with Gasteiger partial charge in [0.1, 0.15) is 0 Å². The number of rotatable bonds is 6. The first-order chi connectivity index (χ1) is 12.8. The minimum atomic E-state index is -4.43. The third-order valence-electron chi connectivity index (χ3n) is 4.51. The third kappa shape index (κ3) is 3.98. The van der Waals surface area contributed by atoms with Crippen molar-refractivity contribution in [2.45, 2.75) is 25.4 Å². The fraction of sp³-hybridized carbons (Fsp3) is 0.250. The SMILES string of the molecule is NCCCCc1c(-c2cccc(C(F)(F)F)c2)[nH]c2ccc(C(=O)O)cc12. The summed E-state index contributed by atoms with van der Waals surface area (Å²) in [5.41, 5.74) is 7.46. The third-order valence-corrected chi connectivity index (χ3v) is 4.51. The van der Waals surface area contributed by atoms with Gasteiger partial charge in [-0.25, -0.2) is 4.79 Å². The number of aryl methyl sites for hydroxylation is 1. The lowest BCUT2D eigenvalue weighted by molar-refractivity contribution is -0.137. The highest BCUT2D eigenvalue weighted by Crippen LogP contribution is 2.36. The molecule has 0 radical (unpaired) electrons. The van der Waals surface area contributed by atoms with Crippen LogP contribution in [0.4, 0.5) is 13.2 Å². The predicted octanol–water partition coefficient (Wildman–Crippen LogP) is 4.83. The van der Waals surface area contributed by atoms with E-state index in [1.807, 2.05) is 0 Å². The summed E-state index contributed by atoms with van der Waals surface area (Å²) in [5.74, 6) is -1.05. The predicted molar refractivity (Wildman–Crippen MR) is 97.7 cm³/mol. The Kier molecular flexibility index (Phi) is 5.23. The largest absolute Gasteiger partial charge is 0.478 e. The Balaban J connectivity index is 2.16. The zero-order valence-corrected chi connectivity index (χ0v) is 14.4. The van der Waals surface area contributed by atoms with Crippen LogP contribution in [0.5, 0.6) is 0 Å². The smallest absolute Gasteiger partial charge is 0.416 e. The van der Waals surface area contributed by atoms with Crippen LogP contribution in [0.3, 0.4) is 0 Å². The average molecular weight is 376 g/mol. The number of fused-ring (bicyclic) bond motifs is 1. The lowest BCUT2D eigenvalue weighted by Crippen LogP contribution is -2.04. The van der Waals surface area contributed by atoms with Crippen molar-refractivity contribution in [3.8, 4) is 11.3 Å². The first-order valence-electron chi connectivity index (χ1n) is 8.57. The lowest BCUT2D eigenvalue weighted by atomic mass is 9.98. The molecule has 0 aliphatic carbocycles. The van der Waals surface area contributed by atoms with Gasteiger partial charge in [0.05, 0.1) is 11.1 Å². The van der Waals surface area contributed by atoms with Gasteiger partial charge in [-0.3, -0.25) is 0 Å². The minimum Gasteiger partial charge on any atom is -0.478 e. The number of aromatic amines is 1. The van der Waals surface area contributed by atoms with Crippen molar-refractivity contribution < 1.29 is 23.1 Å². The number of aromatic carboxylic acids is 1. The van der Waals surface area contributed by atoms with Crippen LogP contribution in [-0.2, 0) is 12.6 Å². The molecule has 0 unspecified atom stereocenters. The van der Waals surface area contributed by atoms with Crippen LogP contribution in [0.15, 0.2) is 42.5 Å². The number of nitrogens with one attached hydrogen (secondary N) is 1. The molecule has 0 atom stereocenters. The molecule has 0 fully saturated rings. The standard InChI is InChI=1S/C20H19F3N2O2/c21-20(22,23)14-5-3-4-12(10-14)18-15(6-1-2-9-24)16-11-13(19(26)27)7-8-17(16)25-18/h3-5,7-8,10-11,25H,1-2,6,9,24H2,(H,26,27). The van der Waals surface area contributed by atoms with Crippen molar-refractivity contribution in [3.05, 3.63) is 59.2 Å². The molecule has 3 rings (SSSR count). The van der Waals surface area contributed by atoms with Crippen LogP contribution in [0.25, 0.3) is 22.2 Å². The monoisotopic (exact) mass is 376 g/mol. The van der Waals surface area contributed by atoms with Crippen LogP contribution in [0, 0.1) is 0 Å². The Morgan fingerprint density at radius 1 is 1.11 bits per heavy atom. The molecule has 0 saturated carbocycles. The summed E-state index contributed by atoms with van der Waals surface area (Å²) in [6, 6.07) is 9.80. The maximum atomic E-state index is 13.1. The molecule has 0 bridgehead atoms. The number of unbranched alkanes of at least 4 members (excludes halogenated alkanes) is 1. The van der Waals surface area contributed by atoms with Crippen molar-refractivity contribution in [1.29, 1.82) is 0 Å². The van der Waals surface area contributed by atoms with Crippen LogP contribution in [-0.4, -0.2) is 22.6 Å². The molecule has 142 valence electrons. The molecule has 2 aromatic carbocycles. The van der Waals surface area contributed by atoms with Crippen molar-refractivity contribution in [3.63, 3.8) is 0 Å². The Morgan fingerprint density at radius 2 is 1.89 bits per heavy atom. The second kappa shape index (κ2) is 7.44. The first-order valence-corrected chi connectivity index (χ1v) is 8.57. The number of carbonyl (C=O) groups is 1. The molecule has 27 heavy (non-hydrogen) atoms. The van der Waals surface area contributed by atoms with E-state index in [9.17, 15) is 23.1 Å². The second-order valence-corrected chi connectivity index (χ2v) is 6.37. The Morgan fingerprint density at radius 3 is 2.56 bits per heavy atom. The van der Waals surface area contributed by atoms with Crippen LogP contribution >= 0.6 is 0 Å². The minimum absolute atomic E-state index is 0.136. The zero-order valence-electron chi connectivity index (χ0n) is 14.4. The van der Waals surface area contributed by atoms with Gasteiger partial charge in [-0.2, -0.15) is 13.2 Å². The average Bonchev–Trinajstić information content (AvgIpc) is 2.99. The number of H-pyrrole nitrogens is 1. The highest BCUT2D eigenvalue weighted by molar-refractivity contribution is 5.97. The number of benzene rings is 2. The number of carboxylic acids is 1. The Hall–Kier alpha value is -2.80. The highest BCUT2D eigenvalue weighted by atomic mass is 19.4. The molecule has 1 heterocycles. The fourth-order valence-corrected chi connectivity index (χ4v) is 3.18. The van der Waals surface area contributed by atoms with Gasteiger partial charge in [-0.05, 0) is 67.3 Å². The zero-order chi connectivity index (χ0) is 19.6. The molecular weight excluding hydrogens is 357 g/mol. The summed E-state index contributed by atoms with van der Waals surface area (Å²) in [5, 5.41) is 9.96. The molecule has 0 aliphatic rings. The lowest BCUT2D eigenvalue weighted by Gasteiger charge is -2.10. The second-order valence-electron chi connectivity index (χ2n) is 6.37. The van der Waals surface area contributed by atoms with Gasteiger partial charge in [0.15, 0.2) is 0 Å². The van der Waals surface area contributed by atoms with Gasteiger partial charge in [0, 0.05) is 16.6 Å². The van der Waals surface area contributed by atoms with Crippen molar-refractivity contribution in [2.24, 2.45) is 5.73 Å². The van der Waals surface area contributed by atoms with Gasteiger partial charge in [0.25, 0.3) is 0 Å². The molecular formula is C20H19F3N2O2. The number of hydrogen-bond donors (Lipinski definition) is 3. The number of aromatic nitrogens is 1. The van der Waals surface area contributed by atoms with Crippen molar-refractivity contribution in [1.82, 2.24) is 4.98 Å². The first kappa shape index (κ1) is 19.0. The van der Waals surface area contributed by atoms with E-state index >= 15 is 0 Å². The molecule has 1 aromatic heterocycles. The van der Waals surface area contributed by atoms with E-state index in [0.717, 1.165) is 30.5 Å². The number of alkyl halides is 3. The Bertz CT molecular complexity index is 977. The maximum absolute atomic E-state index is 13.1. The van der Waals surface area contributed by atoms with Gasteiger partial charge >= 0.3 is 12.1 Å². The van der Waals surface area contributed by atoms with Gasteiger partial charge in [0.2, 0.25) is 0 Å². The molecule has 3 aromatic rings. The molecule has 0 amide bonds. The summed E-state index contributed by atoms with van der Waals surface area (Å²) in [6.07, 6.45) is -2.32. The fourth-order valence-electron chi connectivity index (χ4n) is 3.18. The topological polar surface area (TPSA) is 79.1 Å². The van der Waals surface area contributed by atoms with Gasteiger partial charge in [-0.1, -0.05) is 12.1 Å². The van der Waals surface area contributed by atoms with Crippen LogP contribution in [0.1, 0.15) is 34.3 Å². The summed E-state index contributed by atoms with van der Waals surface area (Å²) < 4.78 is 39.3. The molecule has 4 N–H and O–H groups in total. The number of carboxylic acid groups (broad SMARTS) is 1. The summed E-state index contributed by atoms with van der Waals surface area (Å²) in [4.78, 5) is 14.5. The van der Waals surface area contributed by atoms with E-state index in [1.165, 1.54) is 12.1 Å². The van der Waals surface area contributed by atoms with Gasteiger partial charge in [-0.15, -0.1) is 0 Å². The highest BCUT2D eigenvalue weighted by Gasteiger charge is 2.30. The number of halogens is 3. The van der Waals surface area contributed by atoms with E-state index in [-0.39, 0.29) is 5.56 Å².